The van der Waals surface area contributed by atoms with Gasteiger partial charge in [0.05, 0.1) is 6.04 Å². The molecular formula is C22H25ClF3N7O. The van der Waals surface area contributed by atoms with Gasteiger partial charge in [-0.2, -0.15) is 17.7 Å². The third-order valence-electron chi connectivity index (χ3n) is 6.05. The molecule has 8 nitrogen and oxygen atoms in total. The van der Waals surface area contributed by atoms with E-state index in [0.717, 1.165) is 5.56 Å². The van der Waals surface area contributed by atoms with Gasteiger partial charge in [0.25, 0.3) is 5.82 Å². The predicted octanol–water partition coefficient (Wildman–Crippen LogP) is 3.43. The number of fused-ring (bicyclic) bond motifs is 1. The summed E-state index contributed by atoms with van der Waals surface area (Å²) < 4.78 is 40.1. The molecule has 3 aromatic rings. The average molecular weight is 496 g/mol. The van der Waals surface area contributed by atoms with Crippen LogP contribution in [0, 0.1) is 5.92 Å². The molecule has 1 saturated heterocycles. The molecule has 0 spiro atoms. The number of carbonyl (C=O) groups is 1. The van der Waals surface area contributed by atoms with Crippen molar-refractivity contribution in [3.05, 3.63) is 52.8 Å². The van der Waals surface area contributed by atoms with Crippen LogP contribution in [-0.4, -0.2) is 64.3 Å². The lowest BCUT2D eigenvalue weighted by Crippen LogP contribution is -2.43. The SMILES string of the molecule is CN(C)[C@@H](CNC(=O)C1CCN(c2ccc3nnc(C(F)(F)F)n3n2)CC1)c1ccccc1Cl. The number of piperidine rings is 1. The molecule has 1 fully saturated rings. The first-order chi connectivity index (χ1) is 16.1. The fourth-order valence-electron chi connectivity index (χ4n) is 4.15. The van der Waals surface area contributed by atoms with Crippen LogP contribution in [0.2, 0.25) is 5.02 Å². The van der Waals surface area contributed by atoms with Gasteiger partial charge in [-0.05, 0) is 50.7 Å². The van der Waals surface area contributed by atoms with E-state index < -0.39 is 12.0 Å². The fourth-order valence-corrected chi connectivity index (χ4v) is 4.41. The van der Waals surface area contributed by atoms with Gasteiger partial charge in [0, 0.05) is 30.6 Å². The number of hydrogen-bond acceptors (Lipinski definition) is 6. The van der Waals surface area contributed by atoms with E-state index in [-0.39, 0.29) is 23.5 Å². The van der Waals surface area contributed by atoms with Crippen molar-refractivity contribution in [2.45, 2.75) is 25.1 Å². The lowest BCUT2D eigenvalue weighted by atomic mass is 9.95. The van der Waals surface area contributed by atoms with Gasteiger partial charge in [0.2, 0.25) is 5.91 Å². The molecule has 1 aromatic carbocycles. The maximum Gasteiger partial charge on any atom is 0.453 e. The molecule has 2 aromatic heterocycles. The summed E-state index contributed by atoms with van der Waals surface area (Å²) in [7, 11) is 3.87. The highest BCUT2D eigenvalue weighted by Crippen LogP contribution is 2.29. The molecule has 0 unspecified atom stereocenters. The Kier molecular flexibility index (Phi) is 6.94. The van der Waals surface area contributed by atoms with Crippen LogP contribution in [0.1, 0.15) is 30.3 Å². The third kappa shape index (κ3) is 5.10. The summed E-state index contributed by atoms with van der Waals surface area (Å²) in [6, 6.07) is 10.6. The minimum absolute atomic E-state index is 0.0271. The normalized spacial score (nSPS) is 16.3. The van der Waals surface area contributed by atoms with Crippen LogP contribution < -0.4 is 10.2 Å². The lowest BCUT2D eigenvalue weighted by molar-refractivity contribution is -0.146. The van der Waals surface area contributed by atoms with Crippen LogP contribution in [0.5, 0.6) is 0 Å². The van der Waals surface area contributed by atoms with Gasteiger partial charge in [0.15, 0.2) is 5.65 Å². The number of halogens is 4. The smallest absolute Gasteiger partial charge is 0.355 e. The second kappa shape index (κ2) is 9.75. The molecule has 3 heterocycles. The highest BCUT2D eigenvalue weighted by molar-refractivity contribution is 6.31. The Bertz CT molecular complexity index is 1160. The number of carbonyl (C=O) groups excluding carboxylic acids is 1. The van der Waals surface area contributed by atoms with Crippen molar-refractivity contribution in [1.29, 1.82) is 0 Å². The van der Waals surface area contributed by atoms with Crippen molar-refractivity contribution in [3.63, 3.8) is 0 Å². The summed E-state index contributed by atoms with van der Waals surface area (Å²) in [5.41, 5.74) is 0.970. The highest BCUT2D eigenvalue weighted by atomic mass is 35.5. The first-order valence-electron chi connectivity index (χ1n) is 10.9. The Hall–Kier alpha value is -2.92. The minimum Gasteiger partial charge on any atom is -0.355 e. The Balaban J connectivity index is 1.37. The summed E-state index contributed by atoms with van der Waals surface area (Å²) in [4.78, 5) is 16.7. The third-order valence-corrected chi connectivity index (χ3v) is 6.39. The van der Waals surface area contributed by atoms with Gasteiger partial charge in [-0.3, -0.25) is 4.79 Å². The summed E-state index contributed by atoms with van der Waals surface area (Å²) in [6.45, 7) is 1.42. The second-order valence-corrected chi connectivity index (χ2v) is 8.90. The molecule has 182 valence electrons. The zero-order chi connectivity index (χ0) is 24.5. The quantitative estimate of drug-likeness (QED) is 0.564. The monoisotopic (exact) mass is 495 g/mol. The van der Waals surface area contributed by atoms with Crippen LogP contribution in [0.4, 0.5) is 19.0 Å². The largest absolute Gasteiger partial charge is 0.453 e. The van der Waals surface area contributed by atoms with Gasteiger partial charge >= 0.3 is 6.18 Å². The summed E-state index contributed by atoms with van der Waals surface area (Å²) in [5, 5.41) is 14.5. The first-order valence-corrected chi connectivity index (χ1v) is 11.3. The van der Waals surface area contributed by atoms with Crippen molar-refractivity contribution in [2.75, 3.05) is 38.6 Å². The topological polar surface area (TPSA) is 78.7 Å². The van der Waals surface area contributed by atoms with Gasteiger partial charge in [-0.25, -0.2) is 0 Å². The highest BCUT2D eigenvalue weighted by Gasteiger charge is 2.38. The second-order valence-electron chi connectivity index (χ2n) is 8.49. The number of aromatic nitrogens is 4. The molecular weight excluding hydrogens is 471 g/mol. The van der Waals surface area contributed by atoms with Crippen LogP contribution in [0.3, 0.4) is 0 Å². The molecule has 4 rings (SSSR count). The van der Waals surface area contributed by atoms with Crippen LogP contribution >= 0.6 is 11.6 Å². The standard InChI is InChI=1S/C22H25ClF3N7O/c1-31(2)17(15-5-3-4-6-16(15)23)13-27-20(34)14-9-11-32(12-10-14)19-8-7-18-28-29-21(22(24,25)26)33(18)30-19/h3-8,14,17H,9-13H2,1-2H3,(H,27,34)/t17-/m0/s1. The van der Waals surface area contributed by atoms with E-state index in [0.29, 0.717) is 47.8 Å². The van der Waals surface area contributed by atoms with E-state index in [1.54, 1.807) is 6.07 Å². The van der Waals surface area contributed by atoms with Gasteiger partial charge in [-0.15, -0.1) is 15.3 Å². The number of rotatable bonds is 6. The molecule has 0 aliphatic carbocycles. The average Bonchev–Trinajstić information content (AvgIpc) is 3.24. The number of benzene rings is 1. The molecule has 0 bridgehead atoms. The van der Waals surface area contributed by atoms with Crippen molar-refractivity contribution >= 4 is 29.0 Å². The van der Waals surface area contributed by atoms with Crippen LogP contribution in [0.15, 0.2) is 36.4 Å². The summed E-state index contributed by atoms with van der Waals surface area (Å²) >= 11 is 6.34. The Morgan fingerprint density at radius 2 is 1.88 bits per heavy atom. The van der Waals surface area contributed by atoms with E-state index in [4.69, 9.17) is 11.6 Å². The maximum absolute atomic E-state index is 13.1. The van der Waals surface area contributed by atoms with Crippen molar-refractivity contribution in [3.8, 4) is 0 Å². The minimum atomic E-state index is -4.65. The number of amides is 1. The van der Waals surface area contributed by atoms with E-state index in [9.17, 15) is 18.0 Å². The van der Waals surface area contributed by atoms with Crippen molar-refractivity contribution in [2.24, 2.45) is 5.92 Å². The van der Waals surface area contributed by atoms with Crippen LogP contribution in [-0.2, 0) is 11.0 Å². The number of hydrogen-bond donors (Lipinski definition) is 1. The number of nitrogens with one attached hydrogen (secondary N) is 1. The molecule has 1 amide bonds. The van der Waals surface area contributed by atoms with E-state index in [2.05, 4.69) is 20.6 Å². The van der Waals surface area contributed by atoms with Crippen molar-refractivity contribution in [1.82, 2.24) is 30.0 Å². The van der Waals surface area contributed by atoms with Gasteiger partial charge < -0.3 is 15.1 Å². The molecule has 1 aliphatic rings. The Morgan fingerprint density at radius 1 is 1.18 bits per heavy atom. The predicted molar refractivity (Wildman–Crippen MR) is 122 cm³/mol. The number of anilines is 1. The maximum atomic E-state index is 13.1. The summed E-state index contributed by atoms with van der Waals surface area (Å²) in [5.74, 6) is -0.995. The molecule has 1 N–H and O–H groups in total. The fraction of sp³-hybridized carbons (Fsp3) is 0.455. The Labute approximate surface area is 199 Å². The van der Waals surface area contributed by atoms with E-state index >= 15 is 0 Å². The first kappa shape index (κ1) is 24.2. The summed E-state index contributed by atoms with van der Waals surface area (Å²) in [6.07, 6.45) is -3.51. The molecule has 0 radical (unpaired) electrons. The lowest BCUT2D eigenvalue weighted by Gasteiger charge is -2.32. The zero-order valence-electron chi connectivity index (χ0n) is 18.8. The van der Waals surface area contributed by atoms with Crippen molar-refractivity contribution < 1.29 is 18.0 Å². The van der Waals surface area contributed by atoms with Crippen LogP contribution in [0.25, 0.3) is 5.65 Å². The van der Waals surface area contributed by atoms with Gasteiger partial charge in [0.1, 0.15) is 5.82 Å². The van der Waals surface area contributed by atoms with E-state index in [1.165, 1.54) is 6.07 Å². The molecule has 0 saturated carbocycles. The van der Waals surface area contributed by atoms with E-state index in [1.807, 2.05) is 48.2 Å². The Morgan fingerprint density at radius 3 is 2.53 bits per heavy atom. The molecule has 12 heteroatoms. The number of nitrogens with zero attached hydrogens (tertiary/aromatic N) is 6. The number of alkyl halides is 3. The molecule has 1 aliphatic heterocycles. The zero-order valence-corrected chi connectivity index (χ0v) is 19.5. The van der Waals surface area contributed by atoms with Gasteiger partial charge in [-0.1, -0.05) is 29.8 Å². The molecule has 34 heavy (non-hydrogen) atoms. The molecule has 1 atom stereocenters. The number of likely N-dealkylation sites (N-methyl/N-ethyl adjacent to an activating group) is 1.